The second kappa shape index (κ2) is 7.65. The van der Waals surface area contributed by atoms with Crippen molar-refractivity contribution in [2.24, 2.45) is 11.8 Å². The molecular formula is C25H24N4O4. The van der Waals surface area contributed by atoms with Gasteiger partial charge in [0.1, 0.15) is 12.1 Å². The van der Waals surface area contributed by atoms with Crippen molar-refractivity contribution < 1.29 is 19.2 Å². The Morgan fingerprint density at radius 3 is 2.45 bits per heavy atom. The van der Waals surface area contributed by atoms with Crippen LogP contribution in [0.5, 0.6) is 0 Å². The zero-order valence-electron chi connectivity index (χ0n) is 18.4. The molecule has 8 heteroatoms. The van der Waals surface area contributed by atoms with Gasteiger partial charge in [0.25, 0.3) is 0 Å². The number of hydrogen-bond acceptors (Lipinski definition) is 5. The van der Waals surface area contributed by atoms with E-state index in [1.54, 1.807) is 31.3 Å². The van der Waals surface area contributed by atoms with E-state index < -0.39 is 29.3 Å². The Morgan fingerprint density at radius 1 is 1.03 bits per heavy atom. The number of fused-ring (bicyclic) bond motifs is 3. The molecule has 4 amide bonds. The van der Waals surface area contributed by atoms with Crippen LogP contribution in [-0.2, 0) is 25.7 Å². The molecule has 33 heavy (non-hydrogen) atoms. The van der Waals surface area contributed by atoms with Crippen LogP contribution in [0, 0.1) is 11.8 Å². The van der Waals surface area contributed by atoms with Crippen LogP contribution in [0.2, 0.25) is 0 Å². The molecule has 4 heterocycles. The van der Waals surface area contributed by atoms with E-state index in [1.165, 1.54) is 16.8 Å². The first-order chi connectivity index (χ1) is 15.8. The maximum absolute atomic E-state index is 13.8. The Morgan fingerprint density at radius 2 is 1.76 bits per heavy atom. The number of carbonyl (C=O) groups is 4. The van der Waals surface area contributed by atoms with Gasteiger partial charge in [-0.05, 0) is 24.6 Å². The average molecular weight is 444 g/mol. The highest BCUT2D eigenvalue weighted by molar-refractivity contribution is 6.12. The molecule has 3 unspecified atom stereocenters. The molecular weight excluding hydrogens is 420 g/mol. The fraction of sp³-hybridized carbons (Fsp3) is 0.320. The molecule has 168 valence electrons. The van der Waals surface area contributed by atoms with Crippen molar-refractivity contribution in [1.29, 1.82) is 0 Å². The van der Waals surface area contributed by atoms with E-state index in [4.69, 9.17) is 0 Å². The van der Waals surface area contributed by atoms with Gasteiger partial charge < -0.3 is 9.80 Å². The molecule has 0 aliphatic carbocycles. The molecule has 0 radical (unpaired) electrons. The van der Waals surface area contributed by atoms with Gasteiger partial charge in [0.05, 0.1) is 30.1 Å². The third-order valence-corrected chi connectivity index (χ3v) is 7.02. The van der Waals surface area contributed by atoms with Gasteiger partial charge >= 0.3 is 0 Å². The summed E-state index contributed by atoms with van der Waals surface area (Å²) in [6, 6.07) is 14.2. The smallest absolute Gasteiger partial charge is 0.249 e. The van der Waals surface area contributed by atoms with Crippen LogP contribution in [0.1, 0.15) is 18.2 Å². The lowest BCUT2D eigenvalue weighted by molar-refractivity contribution is -0.167. The monoisotopic (exact) mass is 444 g/mol. The summed E-state index contributed by atoms with van der Waals surface area (Å²) in [7, 11) is 1.44. The lowest BCUT2D eigenvalue weighted by Gasteiger charge is -2.46. The Labute approximate surface area is 191 Å². The number of benzene rings is 1. The Hall–Kier alpha value is -3.81. The van der Waals surface area contributed by atoms with Gasteiger partial charge in [-0.2, -0.15) is 0 Å². The maximum Gasteiger partial charge on any atom is 0.249 e. The number of aromatic nitrogens is 1. The summed E-state index contributed by atoms with van der Waals surface area (Å²) < 4.78 is 0. The molecule has 1 aromatic carbocycles. The predicted molar refractivity (Wildman–Crippen MR) is 119 cm³/mol. The number of amides is 4. The average Bonchev–Trinajstić information content (AvgIpc) is 3.23. The zero-order chi connectivity index (χ0) is 23.3. The van der Waals surface area contributed by atoms with E-state index >= 15 is 0 Å². The molecule has 3 aliphatic rings. The van der Waals surface area contributed by atoms with E-state index in [-0.39, 0.29) is 30.8 Å². The van der Waals surface area contributed by atoms with Crippen LogP contribution >= 0.6 is 0 Å². The normalized spacial score (nSPS) is 29.3. The third kappa shape index (κ3) is 3.08. The highest BCUT2D eigenvalue weighted by Gasteiger charge is 2.71. The molecule has 8 nitrogen and oxygen atoms in total. The van der Waals surface area contributed by atoms with Crippen LogP contribution in [0.4, 0.5) is 0 Å². The standard InChI is InChI=1S/C25H24N4O4/c1-25-21-20(22(31)27(2)23(21)32)18(12-11-16-8-4-3-5-9-16)29(25)19(30)15-28(24(25)33)14-17-10-6-7-13-26-17/h3-13,18,20-21H,14-15H2,1-2H3/t18?,20?,21?,25-/m1/s1. The minimum absolute atomic E-state index is 0.127. The number of rotatable bonds is 4. The van der Waals surface area contributed by atoms with Crippen molar-refractivity contribution in [2.45, 2.75) is 25.0 Å². The molecule has 3 fully saturated rings. The highest BCUT2D eigenvalue weighted by Crippen LogP contribution is 2.51. The summed E-state index contributed by atoms with van der Waals surface area (Å²) in [5.74, 6) is -3.13. The predicted octanol–water partition coefficient (Wildman–Crippen LogP) is 1.34. The molecule has 1 aromatic heterocycles. The van der Waals surface area contributed by atoms with Crippen LogP contribution in [0.15, 0.2) is 60.8 Å². The number of likely N-dealkylation sites (tertiary alicyclic amines) is 1. The van der Waals surface area contributed by atoms with Gasteiger partial charge in [0, 0.05) is 13.2 Å². The highest BCUT2D eigenvalue weighted by atomic mass is 16.2. The van der Waals surface area contributed by atoms with Crippen LogP contribution in [0.3, 0.4) is 0 Å². The summed E-state index contributed by atoms with van der Waals surface area (Å²) in [4.78, 5) is 61.7. The third-order valence-electron chi connectivity index (χ3n) is 7.02. The molecule has 0 saturated carbocycles. The van der Waals surface area contributed by atoms with Gasteiger partial charge in [-0.3, -0.25) is 29.1 Å². The number of nitrogens with zero attached hydrogens (tertiary/aromatic N) is 4. The summed E-state index contributed by atoms with van der Waals surface area (Å²) in [6.07, 6.45) is 5.24. The molecule has 0 N–H and O–H groups in total. The second-order valence-corrected chi connectivity index (χ2v) is 8.89. The summed E-state index contributed by atoms with van der Waals surface area (Å²) in [5.41, 5.74) is 0.106. The largest absolute Gasteiger partial charge is 0.325 e. The first-order valence-corrected chi connectivity index (χ1v) is 10.9. The number of carbonyl (C=O) groups excluding carboxylic acids is 4. The van der Waals surface area contributed by atoms with Crippen LogP contribution in [-0.4, -0.2) is 68.5 Å². The lowest BCUT2D eigenvalue weighted by atomic mass is 9.79. The van der Waals surface area contributed by atoms with E-state index in [1.807, 2.05) is 42.5 Å². The maximum atomic E-state index is 13.8. The van der Waals surface area contributed by atoms with E-state index in [0.29, 0.717) is 5.69 Å². The van der Waals surface area contributed by atoms with Gasteiger partial charge in [0.15, 0.2) is 0 Å². The molecule has 0 spiro atoms. The van der Waals surface area contributed by atoms with Crippen molar-refractivity contribution >= 4 is 29.7 Å². The molecule has 0 bridgehead atoms. The van der Waals surface area contributed by atoms with Crippen LogP contribution < -0.4 is 0 Å². The lowest BCUT2D eigenvalue weighted by Crippen LogP contribution is -2.68. The molecule has 4 atom stereocenters. The van der Waals surface area contributed by atoms with Gasteiger partial charge in [-0.1, -0.05) is 48.6 Å². The number of piperazine rings is 1. The van der Waals surface area contributed by atoms with E-state index in [9.17, 15) is 19.2 Å². The first kappa shape index (κ1) is 21.1. The summed E-state index contributed by atoms with van der Waals surface area (Å²) in [6.45, 7) is 1.66. The van der Waals surface area contributed by atoms with Crippen molar-refractivity contribution in [3.63, 3.8) is 0 Å². The van der Waals surface area contributed by atoms with Gasteiger partial charge in [0.2, 0.25) is 23.6 Å². The Bertz CT molecular complexity index is 1170. The molecule has 5 rings (SSSR count). The number of hydrogen-bond donors (Lipinski definition) is 0. The number of pyridine rings is 1. The molecule has 3 aliphatic heterocycles. The summed E-state index contributed by atoms with van der Waals surface area (Å²) >= 11 is 0. The first-order valence-electron chi connectivity index (χ1n) is 10.9. The van der Waals surface area contributed by atoms with Crippen molar-refractivity contribution in [2.75, 3.05) is 13.6 Å². The quantitative estimate of drug-likeness (QED) is 0.664. The van der Waals surface area contributed by atoms with Gasteiger partial charge in [-0.25, -0.2) is 0 Å². The SMILES string of the molecule is CN1C(=O)C2C(C=Cc3ccccc3)N3C(=O)CN(Cc4ccccn4)C(=O)[C@@]3(C)C2C1=O. The topological polar surface area (TPSA) is 90.9 Å². The molecule has 3 saturated heterocycles. The van der Waals surface area contributed by atoms with Crippen molar-refractivity contribution in [1.82, 2.24) is 19.7 Å². The zero-order valence-corrected chi connectivity index (χ0v) is 18.4. The fourth-order valence-corrected chi connectivity index (χ4v) is 5.48. The molecule has 2 aromatic rings. The Balaban J connectivity index is 1.56. The van der Waals surface area contributed by atoms with Crippen molar-refractivity contribution in [3.8, 4) is 0 Å². The van der Waals surface area contributed by atoms with E-state index in [2.05, 4.69) is 4.98 Å². The summed E-state index contributed by atoms with van der Waals surface area (Å²) in [5, 5.41) is 0. The van der Waals surface area contributed by atoms with Crippen molar-refractivity contribution in [3.05, 3.63) is 72.1 Å². The fourth-order valence-electron chi connectivity index (χ4n) is 5.48. The Kier molecular flexibility index (Phi) is 4.88. The minimum Gasteiger partial charge on any atom is -0.325 e. The van der Waals surface area contributed by atoms with E-state index in [0.717, 1.165) is 10.5 Å². The number of imide groups is 1. The van der Waals surface area contributed by atoms with Crippen LogP contribution in [0.25, 0.3) is 6.08 Å². The second-order valence-electron chi connectivity index (χ2n) is 8.89. The minimum atomic E-state index is -1.45. The van der Waals surface area contributed by atoms with Gasteiger partial charge in [-0.15, -0.1) is 0 Å².